The van der Waals surface area contributed by atoms with E-state index >= 15 is 0 Å². The first-order valence-electron chi connectivity index (χ1n) is 20.0. The van der Waals surface area contributed by atoms with Crippen LogP contribution in [-0.4, -0.2) is 57.1 Å². The van der Waals surface area contributed by atoms with Gasteiger partial charge in [-0.05, 0) is 107 Å². The molecule has 0 saturated carbocycles. The normalized spacial score (nSPS) is 17.3. The van der Waals surface area contributed by atoms with Gasteiger partial charge in [0.15, 0.2) is 0 Å². The topological polar surface area (TPSA) is 140 Å². The zero-order chi connectivity index (χ0) is 40.8. The number of fused-ring (bicyclic) bond motifs is 5. The molecule has 0 radical (unpaired) electrons. The van der Waals surface area contributed by atoms with E-state index in [1.54, 1.807) is 37.1 Å². The van der Waals surface area contributed by atoms with Gasteiger partial charge in [0.2, 0.25) is 0 Å². The lowest BCUT2D eigenvalue weighted by atomic mass is 9.69. The third-order valence-corrected chi connectivity index (χ3v) is 12.1. The van der Waals surface area contributed by atoms with E-state index in [0.717, 1.165) is 63.8 Å². The van der Waals surface area contributed by atoms with Gasteiger partial charge in [0.1, 0.15) is 23.0 Å². The van der Waals surface area contributed by atoms with E-state index in [1.807, 2.05) is 67.8 Å². The number of benzodiazepines with no additional fused rings is 1. The maximum Gasteiger partial charge on any atom is 0.316 e. The van der Waals surface area contributed by atoms with Crippen LogP contribution in [-0.2, 0) is 29.0 Å². The highest BCUT2D eigenvalue weighted by atomic mass is 16.4. The molecule has 2 amide bonds. The molecular weight excluding hydrogens is 737 g/mol. The second-order valence-corrected chi connectivity index (χ2v) is 15.8. The number of aliphatic imine (C=N–C) groups is 1. The molecule has 1 aromatic heterocycles. The Morgan fingerprint density at radius 3 is 2.58 bits per heavy atom. The Morgan fingerprint density at radius 1 is 0.932 bits per heavy atom. The number of imidazole rings is 1. The van der Waals surface area contributed by atoms with Crippen LogP contribution in [0.25, 0.3) is 28.6 Å². The molecule has 0 bridgehead atoms. The number of aromatic amines is 1. The lowest BCUT2D eigenvalue weighted by Gasteiger charge is -2.37. The van der Waals surface area contributed by atoms with Crippen molar-refractivity contribution in [2.45, 2.75) is 52.1 Å². The number of nitrogens with one attached hydrogen (secondary N) is 3. The second kappa shape index (κ2) is 15.0. The van der Waals surface area contributed by atoms with Gasteiger partial charge in [-0.3, -0.25) is 14.4 Å². The van der Waals surface area contributed by atoms with Crippen LogP contribution in [0.3, 0.4) is 0 Å². The van der Waals surface area contributed by atoms with Crippen LogP contribution in [0.1, 0.15) is 63.9 Å². The summed E-state index contributed by atoms with van der Waals surface area (Å²) < 4.78 is 0. The summed E-state index contributed by atoms with van der Waals surface area (Å²) in [5.74, 6) is -1.33. The number of rotatable bonds is 8. The fraction of sp³-hybridized carbons (Fsp3) is 0.204. The van der Waals surface area contributed by atoms with Crippen molar-refractivity contribution in [1.82, 2.24) is 20.2 Å². The van der Waals surface area contributed by atoms with Crippen molar-refractivity contribution >= 4 is 47.0 Å². The number of carbonyl (C=O) groups excluding carboxylic acids is 2. The van der Waals surface area contributed by atoms with Crippen molar-refractivity contribution in [3.8, 4) is 11.3 Å². The molecule has 0 fully saturated rings. The number of aryl methyl sites for hydroxylation is 1. The van der Waals surface area contributed by atoms with Gasteiger partial charge < -0.3 is 25.6 Å². The Labute approximate surface area is 341 Å². The van der Waals surface area contributed by atoms with Crippen molar-refractivity contribution in [3.63, 3.8) is 0 Å². The number of allylic oxidation sites excluding steroid dienone is 4. The first-order valence-corrected chi connectivity index (χ1v) is 20.0. The maximum absolute atomic E-state index is 14.0. The molecule has 2 aliphatic carbocycles. The largest absolute Gasteiger partial charge is 0.481 e. The number of carboxylic acids is 1. The molecule has 4 aromatic carbocycles. The van der Waals surface area contributed by atoms with E-state index in [0.29, 0.717) is 29.1 Å². The molecule has 59 heavy (non-hydrogen) atoms. The van der Waals surface area contributed by atoms with Crippen LogP contribution in [0.2, 0.25) is 0 Å². The fourth-order valence-corrected chi connectivity index (χ4v) is 8.91. The monoisotopic (exact) mass is 780 g/mol. The molecule has 0 unspecified atom stereocenters. The number of hydrogen-bond acceptors (Lipinski definition) is 6. The van der Waals surface area contributed by atoms with Crippen molar-refractivity contribution in [2.24, 2.45) is 10.4 Å². The summed E-state index contributed by atoms with van der Waals surface area (Å²) >= 11 is 0. The average Bonchev–Trinajstić information content (AvgIpc) is 3.38. The van der Waals surface area contributed by atoms with E-state index in [2.05, 4.69) is 57.0 Å². The van der Waals surface area contributed by atoms with Gasteiger partial charge in [0, 0.05) is 41.8 Å². The predicted octanol–water partition coefficient (Wildman–Crippen LogP) is 6.31. The Kier molecular flexibility index (Phi) is 9.55. The summed E-state index contributed by atoms with van der Waals surface area (Å²) in [7, 11) is 1.72. The van der Waals surface area contributed by atoms with Crippen molar-refractivity contribution < 1.29 is 19.5 Å². The number of benzene rings is 4. The minimum absolute atomic E-state index is 0.200. The van der Waals surface area contributed by atoms with Gasteiger partial charge >= 0.3 is 5.97 Å². The highest BCUT2D eigenvalue weighted by Gasteiger charge is 2.50. The van der Waals surface area contributed by atoms with E-state index in [9.17, 15) is 19.5 Å². The molecule has 2 aliphatic heterocycles. The van der Waals surface area contributed by atoms with Crippen molar-refractivity contribution in [3.05, 3.63) is 170 Å². The molecule has 10 nitrogen and oxygen atoms in total. The molecule has 2 atom stereocenters. The standard InChI is InChI=1S/C49H44N6O4/c1-29-15-17-31(18-16-29)43-44(41-14-5-4-8-25-50-41)54-42(53-43)28-55(3)47(57)32-20-24-40-33(26-32)27-51-46(56)45(52-40)49(2,48(58)59)39-13-9-12-35-37-21-19-30-10-6-7-11-34(30)36(37)22-23-38(35)39/h4-8,10-11,14-20,22-27,45,50,52H,9,12-13,21,28H2,1-3H3,(H,53,54)(H,58,59)/t45-,49+/m1/s1. The number of aromatic nitrogens is 2. The first kappa shape index (κ1) is 37.5. The van der Waals surface area contributed by atoms with E-state index in [4.69, 9.17) is 4.98 Å². The van der Waals surface area contributed by atoms with Crippen LogP contribution >= 0.6 is 0 Å². The Morgan fingerprint density at radius 2 is 1.75 bits per heavy atom. The molecule has 0 saturated heterocycles. The number of carboxylic acid groups (broad SMARTS) is 1. The summed E-state index contributed by atoms with van der Waals surface area (Å²) in [6.45, 7) is 3.89. The third kappa shape index (κ3) is 6.70. The van der Waals surface area contributed by atoms with Gasteiger partial charge in [-0.25, -0.2) is 9.98 Å². The number of H-pyrrole nitrogens is 1. The Bertz CT molecular complexity index is 2940. The molecule has 4 N–H and O–H groups in total. The Hall–Kier alpha value is -7.07. The summed E-state index contributed by atoms with van der Waals surface area (Å²) in [5, 5.41) is 22.1. The van der Waals surface area contributed by atoms with Crippen LogP contribution in [0.15, 0.2) is 114 Å². The SMILES string of the molecule is Cc1ccc(-c2[nH]c(CN(C)C(=O)c3ccc4c(c3)C=NC(=O)[C@H]([C@@](C)(C(=O)O)C3=c5ccc6c(c5CCC3)CC=c3ccccc3=6)N4)nc2C2=CC=CC=CN2)cc1. The number of amides is 2. The van der Waals surface area contributed by atoms with Crippen LogP contribution < -0.4 is 21.1 Å². The maximum atomic E-state index is 14.0. The van der Waals surface area contributed by atoms with Crippen LogP contribution in [0.5, 0.6) is 0 Å². The van der Waals surface area contributed by atoms with E-state index in [-0.39, 0.29) is 12.5 Å². The molecular formula is C49H44N6O4. The molecule has 3 heterocycles. The number of nitrogens with zero attached hydrogens (tertiary/aromatic N) is 3. The van der Waals surface area contributed by atoms with E-state index in [1.165, 1.54) is 27.4 Å². The second-order valence-electron chi connectivity index (χ2n) is 15.8. The molecule has 10 heteroatoms. The highest BCUT2D eigenvalue weighted by molar-refractivity contribution is 6.07. The van der Waals surface area contributed by atoms with Crippen LogP contribution in [0, 0.1) is 22.8 Å². The first-order chi connectivity index (χ1) is 28.6. The Balaban J connectivity index is 1.01. The molecule has 9 rings (SSSR count). The van der Waals surface area contributed by atoms with Gasteiger partial charge in [-0.1, -0.05) is 84.5 Å². The number of hydrogen-bond donors (Lipinski definition) is 4. The molecule has 5 aromatic rings. The van der Waals surface area contributed by atoms with Gasteiger partial charge in [0.05, 0.1) is 17.9 Å². The lowest BCUT2D eigenvalue weighted by molar-refractivity contribution is -0.147. The van der Waals surface area contributed by atoms with Crippen LogP contribution in [0.4, 0.5) is 5.69 Å². The van der Waals surface area contributed by atoms with Gasteiger partial charge in [-0.2, -0.15) is 0 Å². The zero-order valence-electron chi connectivity index (χ0n) is 33.2. The summed E-state index contributed by atoms with van der Waals surface area (Å²) in [6.07, 6.45) is 16.2. The minimum Gasteiger partial charge on any atom is -0.481 e. The molecule has 294 valence electrons. The lowest BCUT2D eigenvalue weighted by Crippen LogP contribution is -2.51. The number of carbonyl (C=O) groups is 3. The average molecular weight is 781 g/mol. The summed E-state index contributed by atoms with van der Waals surface area (Å²) in [6, 6.07) is 24.6. The van der Waals surface area contributed by atoms with Gasteiger partial charge in [0.25, 0.3) is 11.8 Å². The van der Waals surface area contributed by atoms with E-state index < -0.39 is 23.3 Å². The fourth-order valence-electron chi connectivity index (χ4n) is 8.91. The van der Waals surface area contributed by atoms with Gasteiger partial charge in [-0.15, -0.1) is 0 Å². The summed E-state index contributed by atoms with van der Waals surface area (Å²) in [4.78, 5) is 55.7. The minimum atomic E-state index is -1.61. The quantitative estimate of drug-likeness (QED) is 0.145. The molecule has 0 spiro atoms. The van der Waals surface area contributed by atoms with Crippen molar-refractivity contribution in [2.75, 3.05) is 12.4 Å². The molecule has 4 aliphatic rings. The highest BCUT2D eigenvalue weighted by Crippen LogP contribution is 2.41. The summed E-state index contributed by atoms with van der Waals surface area (Å²) in [5.41, 5.74) is 7.42. The number of aliphatic carboxylic acids is 1. The predicted molar refractivity (Wildman–Crippen MR) is 230 cm³/mol. The smallest absolute Gasteiger partial charge is 0.316 e. The number of anilines is 1. The third-order valence-electron chi connectivity index (χ3n) is 12.1. The van der Waals surface area contributed by atoms with Crippen molar-refractivity contribution in [1.29, 1.82) is 0 Å². The zero-order valence-corrected chi connectivity index (χ0v) is 33.2.